The maximum atomic E-state index is 3.66. The van der Waals surface area contributed by atoms with Gasteiger partial charge in [-0.05, 0) is 62.1 Å². The van der Waals surface area contributed by atoms with Gasteiger partial charge in [0.15, 0.2) is 0 Å². The Morgan fingerprint density at radius 2 is 1.55 bits per heavy atom. The molecule has 4 bridgehead atoms. The molecule has 0 saturated carbocycles. The standard InChI is InChI=1S/C19H22N/c1-20(2)14-19-13-17-8-7-15-3-5-16(6-4-15)9-11-18(19)12-10-17/h3-6,10,12H,7-9,11,14H2,1-2H3. The Balaban J connectivity index is 1.92. The third kappa shape index (κ3) is 3.12. The number of rotatable bonds is 2. The predicted octanol–water partition coefficient (Wildman–Crippen LogP) is 3.72. The van der Waals surface area contributed by atoms with Gasteiger partial charge in [-0.3, -0.25) is 0 Å². The lowest BCUT2D eigenvalue weighted by atomic mass is 9.86. The Labute approximate surface area is 122 Å². The molecular formula is C19H22N. The predicted molar refractivity (Wildman–Crippen MR) is 84.6 cm³/mol. The van der Waals surface area contributed by atoms with Gasteiger partial charge in [0.05, 0.1) is 0 Å². The fraction of sp³-hybridized carbons (Fsp3) is 0.368. The van der Waals surface area contributed by atoms with Crippen molar-refractivity contribution in [2.45, 2.75) is 25.7 Å². The number of hydrogen-bond acceptors (Lipinski definition) is 1. The molecule has 0 N–H and O–H groups in total. The lowest BCUT2D eigenvalue weighted by Crippen LogP contribution is -2.19. The van der Waals surface area contributed by atoms with Gasteiger partial charge in [0.25, 0.3) is 0 Å². The molecule has 20 heavy (non-hydrogen) atoms. The zero-order valence-corrected chi connectivity index (χ0v) is 12.4. The van der Waals surface area contributed by atoms with Gasteiger partial charge < -0.3 is 4.90 Å². The van der Waals surface area contributed by atoms with Crippen LogP contribution < -0.4 is 0 Å². The third-order valence-electron chi connectivity index (χ3n) is 4.05. The minimum Gasteiger partial charge on any atom is -0.305 e. The molecule has 1 aromatic rings. The lowest BCUT2D eigenvalue weighted by molar-refractivity contribution is 0.443. The largest absolute Gasteiger partial charge is 0.305 e. The van der Waals surface area contributed by atoms with Crippen molar-refractivity contribution >= 4 is 0 Å². The number of allylic oxidation sites excluding steroid dienone is 2. The molecule has 1 heteroatoms. The molecule has 0 aromatic heterocycles. The molecule has 5 aliphatic rings. The highest BCUT2D eigenvalue weighted by molar-refractivity contribution is 5.44. The monoisotopic (exact) mass is 264 g/mol. The summed E-state index contributed by atoms with van der Waals surface area (Å²) in [5, 5.41) is 0. The van der Waals surface area contributed by atoms with Crippen LogP contribution in [0.25, 0.3) is 0 Å². The number of benzene rings is 1. The van der Waals surface area contributed by atoms with Crippen LogP contribution in [0.5, 0.6) is 0 Å². The van der Waals surface area contributed by atoms with Gasteiger partial charge >= 0.3 is 0 Å². The Morgan fingerprint density at radius 1 is 0.900 bits per heavy atom. The van der Waals surface area contributed by atoms with Crippen LogP contribution in [0.1, 0.15) is 24.0 Å². The van der Waals surface area contributed by atoms with Crippen molar-refractivity contribution in [2.24, 2.45) is 0 Å². The van der Waals surface area contributed by atoms with E-state index in [0.717, 1.165) is 32.2 Å². The van der Waals surface area contributed by atoms with Crippen molar-refractivity contribution in [1.29, 1.82) is 0 Å². The molecule has 6 rings (SSSR count). The number of aryl methyl sites for hydroxylation is 2. The van der Waals surface area contributed by atoms with Gasteiger partial charge in [-0.2, -0.15) is 0 Å². The zero-order valence-electron chi connectivity index (χ0n) is 12.4. The Bertz CT molecular complexity index is 568. The van der Waals surface area contributed by atoms with Crippen LogP contribution >= 0.6 is 0 Å². The summed E-state index contributed by atoms with van der Waals surface area (Å²) in [5.74, 6) is 1.45. The van der Waals surface area contributed by atoms with Crippen LogP contribution in [-0.4, -0.2) is 25.5 Å². The summed E-state index contributed by atoms with van der Waals surface area (Å²) < 4.78 is 0. The second-order valence-corrected chi connectivity index (χ2v) is 6.04. The summed E-state index contributed by atoms with van der Waals surface area (Å²) in [6.07, 6.45) is 9.01. The smallest absolute Gasteiger partial charge is 0.0321 e. The highest BCUT2D eigenvalue weighted by Crippen LogP contribution is 2.28. The first kappa shape index (κ1) is 13.4. The van der Waals surface area contributed by atoms with E-state index in [-0.39, 0.29) is 0 Å². The molecule has 0 saturated heterocycles. The van der Waals surface area contributed by atoms with Crippen molar-refractivity contribution < 1.29 is 0 Å². The molecule has 0 aliphatic heterocycles. The summed E-state index contributed by atoms with van der Waals surface area (Å²) in [6, 6.07) is 9.14. The molecular weight excluding hydrogens is 242 g/mol. The van der Waals surface area contributed by atoms with Crippen LogP contribution in [0.3, 0.4) is 0 Å². The first-order chi connectivity index (χ1) is 9.70. The molecule has 0 unspecified atom stereocenters. The van der Waals surface area contributed by atoms with Crippen LogP contribution in [0, 0.1) is 5.92 Å². The van der Waals surface area contributed by atoms with E-state index in [9.17, 15) is 0 Å². The molecule has 1 radical (unpaired) electrons. The minimum atomic E-state index is 0.987. The van der Waals surface area contributed by atoms with Crippen molar-refractivity contribution in [2.75, 3.05) is 20.6 Å². The zero-order chi connectivity index (χ0) is 13.9. The molecule has 1 nitrogen and oxygen atoms in total. The van der Waals surface area contributed by atoms with Gasteiger partial charge in [-0.15, -0.1) is 5.73 Å². The number of nitrogens with zero attached hydrogens (tertiary/aromatic N) is 1. The van der Waals surface area contributed by atoms with E-state index in [1.165, 1.54) is 28.2 Å². The molecule has 103 valence electrons. The normalized spacial score (nSPS) is 18.8. The summed E-state index contributed by atoms with van der Waals surface area (Å²) in [4.78, 5) is 2.23. The lowest BCUT2D eigenvalue weighted by Gasteiger charge is -2.22. The Morgan fingerprint density at radius 3 is 2.20 bits per heavy atom. The fourth-order valence-corrected chi connectivity index (χ4v) is 2.89. The average Bonchev–Trinajstić information content (AvgIpc) is 2.42. The van der Waals surface area contributed by atoms with E-state index in [1.54, 1.807) is 0 Å². The summed E-state index contributed by atoms with van der Waals surface area (Å²) >= 11 is 0. The number of likely N-dealkylation sites (N-methyl/N-ethyl adjacent to an activating group) is 1. The van der Waals surface area contributed by atoms with Gasteiger partial charge in [0.1, 0.15) is 0 Å². The maximum Gasteiger partial charge on any atom is 0.0321 e. The van der Waals surface area contributed by atoms with Crippen molar-refractivity contribution in [3.8, 4) is 0 Å². The first-order valence-corrected chi connectivity index (χ1v) is 7.46. The molecule has 0 fully saturated rings. The van der Waals surface area contributed by atoms with E-state index in [2.05, 4.69) is 61.1 Å². The van der Waals surface area contributed by atoms with Crippen LogP contribution in [0.2, 0.25) is 0 Å². The minimum absolute atomic E-state index is 0.987. The molecule has 1 aromatic carbocycles. The summed E-state index contributed by atoms with van der Waals surface area (Å²) in [5.41, 5.74) is 9.25. The van der Waals surface area contributed by atoms with Gasteiger partial charge in [-0.1, -0.05) is 36.4 Å². The van der Waals surface area contributed by atoms with E-state index in [0.29, 0.717) is 0 Å². The molecule has 0 heterocycles. The topological polar surface area (TPSA) is 3.24 Å². The molecule has 0 amide bonds. The molecule has 0 spiro atoms. The number of hydrogen-bond donors (Lipinski definition) is 0. The van der Waals surface area contributed by atoms with E-state index in [4.69, 9.17) is 0 Å². The Kier molecular flexibility index (Phi) is 3.91. The molecule has 5 aliphatic carbocycles. The van der Waals surface area contributed by atoms with Crippen molar-refractivity contribution in [3.63, 3.8) is 0 Å². The highest BCUT2D eigenvalue weighted by Gasteiger charge is 2.17. The second-order valence-electron chi connectivity index (χ2n) is 6.04. The average molecular weight is 264 g/mol. The second kappa shape index (κ2) is 5.83. The van der Waals surface area contributed by atoms with Gasteiger partial charge in [0, 0.05) is 12.5 Å². The maximum absolute atomic E-state index is 3.66. The van der Waals surface area contributed by atoms with E-state index in [1.807, 2.05) is 0 Å². The summed E-state index contributed by atoms with van der Waals surface area (Å²) in [6.45, 7) is 0.987. The SMILES string of the molecule is CN(C)CC1=C=C2C=C[C]1CCc1ccc(cc1)CC2. The van der Waals surface area contributed by atoms with Crippen molar-refractivity contribution in [1.82, 2.24) is 4.90 Å². The first-order valence-electron chi connectivity index (χ1n) is 7.46. The van der Waals surface area contributed by atoms with Crippen LogP contribution in [-0.2, 0) is 12.8 Å². The quantitative estimate of drug-likeness (QED) is 0.736. The van der Waals surface area contributed by atoms with E-state index < -0.39 is 0 Å². The fourth-order valence-electron chi connectivity index (χ4n) is 2.89. The van der Waals surface area contributed by atoms with Crippen LogP contribution in [0.4, 0.5) is 0 Å². The van der Waals surface area contributed by atoms with Crippen LogP contribution in [0.15, 0.2) is 53.3 Å². The van der Waals surface area contributed by atoms with E-state index >= 15 is 0 Å². The van der Waals surface area contributed by atoms with Gasteiger partial charge in [0.2, 0.25) is 0 Å². The van der Waals surface area contributed by atoms with Gasteiger partial charge in [-0.25, -0.2) is 0 Å². The third-order valence-corrected chi connectivity index (χ3v) is 4.05. The highest BCUT2D eigenvalue weighted by atomic mass is 15.0. The Hall–Kier alpha value is -1.56. The molecule has 0 atom stereocenters. The summed E-state index contributed by atoms with van der Waals surface area (Å²) in [7, 11) is 4.26. The van der Waals surface area contributed by atoms with Crippen molar-refractivity contribution in [3.05, 3.63) is 70.3 Å².